The molecule has 130 valence electrons. The van der Waals surface area contributed by atoms with Gasteiger partial charge in [-0.3, -0.25) is 9.29 Å². The SMILES string of the molecule is CCS(=O)(=O)N(Cc1cccnc1)c1cccc(OC(F)(F)F)c1. The average Bonchev–Trinajstić information content (AvgIpc) is 2.52. The van der Waals surface area contributed by atoms with Crippen LogP contribution in [0.3, 0.4) is 0 Å². The summed E-state index contributed by atoms with van der Waals surface area (Å²) in [5.74, 6) is -0.681. The van der Waals surface area contributed by atoms with Gasteiger partial charge < -0.3 is 4.74 Å². The van der Waals surface area contributed by atoms with Gasteiger partial charge in [0.2, 0.25) is 10.0 Å². The highest BCUT2D eigenvalue weighted by molar-refractivity contribution is 7.92. The summed E-state index contributed by atoms with van der Waals surface area (Å²) in [5, 5.41) is 0. The van der Waals surface area contributed by atoms with E-state index in [1.165, 1.54) is 25.3 Å². The fourth-order valence-electron chi connectivity index (χ4n) is 2.00. The lowest BCUT2D eigenvalue weighted by Crippen LogP contribution is -2.32. The fourth-order valence-corrected chi connectivity index (χ4v) is 3.09. The first-order chi connectivity index (χ1) is 11.2. The predicted molar refractivity (Wildman–Crippen MR) is 83.0 cm³/mol. The Labute approximate surface area is 137 Å². The summed E-state index contributed by atoms with van der Waals surface area (Å²) in [6.45, 7) is 1.42. The molecular weight excluding hydrogens is 345 g/mol. The number of halogens is 3. The maximum atomic E-state index is 12.4. The lowest BCUT2D eigenvalue weighted by Gasteiger charge is -2.24. The molecule has 2 rings (SSSR count). The Morgan fingerprint density at radius 1 is 1.21 bits per heavy atom. The number of sulfonamides is 1. The molecule has 0 unspecified atom stereocenters. The Kier molecular flexibility index (Phi) is 5.33. The van der Waals surface area contributed by atoms with E-state index >= 15 is 0 Å². The van der Waals surface area contributed by atoms with Crippen molar-refractivity contribution in [2.24, 2.45) is 0 Å². The molecule has 5 nitrogen and oxygen atoms in total. The average molecular weight is 360 g/mol. The summed E-state index contributed by atoms with van der Waals surface area (Å²) in [6, 6.07) is 8.19. The Hall–Kier alpha value is -2.29. The van der Waals surface area contributed by atoms with Crippen LogP contribution in [-0.2, 0) is 16.6 Å². The minimum atomic E-state index is -4.85. The van der Waals surface area contributed by atoms with Gasteiger partial charge in [0.15, 0.2) is 0 Å². The summed E-state index contributed by atoms with van der Waals surface area (Å²) >= 11 is 0. The summed E-state index contributed by atoms with van der Waals surface area (Å²) in [6.07, 6.45) is -1.81. The van der Waals surface area contributed by atoms with Gasteiger partial charge in [0.25, 0.3) is 0 Å². The van der Waals surface area contributed by atoms with E-state index in [2.05, 4.69) is 9.72 Å². The molecule has 0 N–H and O–H groups in total. The van der Waals surface area contributed by atoms with Gasteiger partial charge in [0.1, 0.15) is 5.75 Å². The molecule has 0 saturated heterocycles. The number of rotatable bonds is 6. The van der Waals surface area contributed by atoms with E-state index < -0.39 is 22.1 Å². The Morgan fingerprint density at radius 2 is 1.96 bits per heavy atom. The van der Waals surface area contributed by atoms with Gasteiger partial charge in [-0.1, -0.05) is 12.1 Å². The van der Waals surface area contributed by atoms with Gasteiger partial charge >= 0.3 is 6.36 Å². The maximum absolute atomic E-state index is 12.4. The molecule has 0 fully saturated rings. The molecule has 2 aromatic rings. The van der Waals surface area contributed by atoms with Gasteiger partial charge in [-0.05, 0) is 30.7 Å². The van der Waals surface area contributed by atoms with Gasteiger partial charge in [0.05, 0.1) is 18.0 Å². The van der Waals surface area contributed by atoms with Gasteiger partial charge in [-0.15, -0.1) is 13.2 Å². The van der Waals surface area contributed by atoms with Crippen LogP contribution in [0.4, 0.5) is 18.9 Å². The molecule has 0 saturated carbocycles. The van der Waals surface area contributed by atoms with Crippen molar-refractivity contribution >= 4 is 15.7 Å². The molecule has 0 spiro atoms. The van der Waals surface area contributed by atoms with Crippen LogP contribution in [-0.4, -0.2) is 25.5 Å². The highest BCUT2D eigenvalue weighted by atomic mass is 32.2. The molecule has 1 aromatic heterocycles. The van der Waals surface area contributed by atoms with Crippen molar-refractivity contribution in [1.82, 2.24) is 4.98 Å². The fraction of sp³-hybridized carbons (Fsp3) is 0.267. The Bertz CT molecular complexity index is 780. The number of aromatic nitrogens is 1. The molecule has 1 heterocycles. The number of nitrogens with zero attached hydrogens (tertiary/aromatic N) is 2. The van der Waals surface area contributed by atoms with Crippen LogP contribution in [0.5, 0.6) is 5.75 Å². The zero-order chi connectivity index (χ0) is 17.8. The first kappa shape index (κ1) is 18.1. The molecular formula is C15H15F3N2O3S. The molecule has 0 radical (unpaired) electrons. The lowest BCUT2D eigenvalue weighted by atomic mass is 10.2. The van der Waals surface area contributed by atoms with Crippen molar-refractivity contribution in [3.8, 4) is 5.75 Å². The van der Waals surface area contributed by atoms with Crippen molar-refractivity contribution in [2.45, 2.75) is 19.8 Å². The Balaban J connectivity index is 2.39. The van der Waals surface area contributed by atoms with Crippen LogP contribution >= 0.6 is 0 Å². The van der Waals surface area contributed by atoms with Gasteiger partial charge in [-0.2, -0.15) is 0 Å². The van der Waals surface area contributed by atoms with Crippen LogP contribution in [0, 0.1) is 0 Å². The largest absolute Gasteiger partial charge is 0.573 e. The minimum Gasteiger partial charge on any atom is -0.406 e. The second kappa shape index (κ2) is 7.08. The third kappa shape index (κ3) is 4.85. The van der Waals surface area contributed by atoms with E-state index in [9.17, 15) is 21.6 Å². The van der Waals surface area contributed by atoms with Crippen molar-refractivity contribution in [3.05, 3.63) is 54.4 Å². The second-order valence-electron chi connectivity index (χ2n) is 4.81. The van der Waals surface area contributed by atoms with Gasteiger partial charge in [0, 0.05) is 18.5 Å². The normalized spacial score (nSPS) is 12.0. The van der Waals surface area contributed by atoms with Crippen molar-refractivity contribution in [2.75, 3.05) is 10.1 Å². The standard InChI is InChI=1S/C15H15F3N2O3S/c1-2-24(21,22)20(11-12-5-4-8-19-10-12)13-6-3-7-14(9-13)23-15(16,17)18/h3-10H,2,11H2,1H3. The smallest absolute Gasteiger partial charge is 0.406 e. The van der Waals surface area contributed by atoms with Crippen LogP contribution in [0.1, 0.15) is 12.5 Å². The van der Waals surface area contributed by atoms with Crippen molar-refractivity contribution < 1.29 is 26.3 Å². The molecule has 1 aromatic carbocycles. The first-order valence-electron chi connectivity index (χ1n) is 6.96. The number of hydrogen-bond acceptors (Lipinski definition) is 4. The van der Waals surface area contributed by atoms with E-state index in [1.807, 2.05) is 0 Å². The second-order valence-corrected chi connectivity index (χ2v) is 7.00. The van der Waals surface area contributed by atoms with E-state index in [1.54, 1.807) is 18.3 Å². The van der Waals surface area contributed by atoms with Crippen LogP contribution < -0.4 is 9.04 Å². The molecule has 0 aliphatic heterocycles. The predicted octanol–water partition coefficient (Wildman–Crippen LogP) is 3.34. The summed E-state index contributed by atoms with van der Waals surface area (Å²) in [7, 11) is -3.70. The van der Waals surface area contributed by atoms with Crippen LogP contribution in [0.25, 0.3) is 0 Å². The number of anilines is 1. The van der Waals surface area contributed by atoms with E-state index in [0.717, 1.165) is 16.4 Å². The van der Waals surface area contributed by atoms with Crippen LogP contribution in [0.2, 0.25) is 0 Å². The topological polar surface area (TPSA) is 59.5 Å². The third-order valence-electron chi connectivity index (χ3n) is 3.09. The minimum absolute atomic E-state index is 0.0422. The third-order valence-corrected chi connectivity index (χ3v) is 4.83. The van der Waals surface area contributed by atoms with E-state index in [4.69, 9.17) is 0 Å². The molecule has 9 heteroatoms. The molecule has 0 bridgehead atoms. The zero-order valence-electron chi connectivity index (χ0n) is 12.7. The first-order valence-corrected chi connectivity index (χ1v) is 8.57. The monoisotopic (exact) mass is 360 g/mol. The van der Waals surface area contributed by atoms with E-state index in [0.29, 0.717) is 5.56 Å². The zero-order valence-corrected chi connectivity index (χ0v) is 13.5. The number of ether oxygens (including phenoxy) is 1. The molecule has 24 heavy (non-hydrogen) atoms. The van der Waals surface area contributed by atoms with Crippen molar-refractivity contribution in [3.63, 3.8) is 0 Å². The van der Waals surface area contributed by atoms with Crippen molar-refractivity contribution in [1.29, 1.82) is 0 Å². The highest BCUT2D eigenvalue weighted by Gasteiger charge is 2.31. The maximum Gasteiger partial charge on any atom is 0.573 e. The number of benzene rings is 1. The molecule has 0 atom stereocenters. The quantitative estimate of drug-likeness (QED) is 0.793. The molecule has 0 aliphatic carbocycles. The van der Waals surface area contributed by atoms with Crippen LogP contribution in [0.15, 0.2) is 48.8 Å². The van der Waals surface area contributed by atoms with Gasteiger partial charge in [-0.25, -0.2) is 8.42 Å². The molecule has 0 amide bonds. The summed E-state index contributed by atoms with van der Waals surface area (Å²) < 4.78 is 66.7. The summed E-state index contributed by atoms with van der Waals surface area (Å²) in [4.78, 5) is 3.91. The number of alkyl halides is 3. The number of hydrogen-bond donors (Lipinski definition) is 0. The number of pyridine rings is 1. The highest BCUT2D eigenvalue weighted by Crippen LogP contribution is 2.29. The summed E-state index contributed by atoms with van der Waals surface area (Å²) in [5.41, 5.74) is 0.694. The molecule has 0 aliphatic rings. The van der Waals surface area contributed by atoms with E-state index in [-0.39, 0.29) is 18.0 Å². The Morgan fingerprint density at radius 3 is 2.54 bits per heavy atom. The lowest BCUT2D eigenvalue weighted by molar-refractivity contribution is -0.274.